The van der Waals surface area contributed by atoms with Crippen molar-refractivity contribution in [2.24, 2.45) is 11.8 Å². The fourth-order valence-corrected chi connectivity index (χ4v) is 3.62. The number of halogens is 2. The van der Waals surface area contributed by atoms with Gasteiger partial charge in [-0.25, -0.2) is 8.78 Å². The Morgan fingerprint density at radius 1 is 0.857 bits per heavy atom. The highest BCUT2D eigenvalue weighted by molar-refractivity contribution is 5.18. The second-order valence-electron chi connectivity index (χ2n) is 6.70. The highest BCUT2D eigenvalue weighted by Crippen LogP contribution is 2.34. The van der Waals surface area contributed by atoms with Crippen LogP contribution in [0.3, 0.4) is 0 Å². The minimum absolute atomic E-state index is 0.454. The first-order chi connectivity index (χ1) is 10.2. The fraction of sp³-hybridized carbons (Fsp3) is 0.684. The quantitative estimate of drug-likeness (QED) is 0.519. The Hall–Kier alpha value is -0.920. The van der Waals surface area contributed by atoms with Gasteiger partial charge in [0.1, 0.15) is 11.6 Å². The van der Waals surface area contributed by atoms with Gasteiger partial charge in [0, 0.05) is 6.07 Å². The van der Waals surface area contributed by atoms with E-state index in [1.807, 2.05) is 0 Å². The Labute approximate surface area is 128 Å². The topological polar surface area (TPSA) is 0 Å². The molecule has 0 heterocycles. The van der Waals surface area contributed by atoms with Crippen LogP contribution in [0.1, 0.15) is 70.3 Å². The zero-order valence-corrected chi connectivity index (χ0v) is 13.2. The molecule has 21 heavy (non-hydrogen) atoms. The Balaban J connectivity index is 1.69. The van der Waals surface area contributed by atoms with Crippen molar-refractivity contribution in [2.75, 3.05) is 0 Å². The van der Waals surface area contributed by atoms with Crippen LogP contribution in [0.5, 0.6) is 0 Å². The van der Waals surface area contributed by atoms with Crippen LogP contribution < -0.4 is 0 Å². The van der Waals surface area contributed by atoms with Crippen LogP contribution in [0.4, 0.5) is 8.78 Å². The lowest BCUT2D eigenvalue weighted by atomic mass is 9.78. The van der Waals surface area contributed by atoms with E-state index in [2.05, 4.69) is 6.92 Å². The summed E-state index contributed by atoms with van der Waals surface area (Å²) in [5.41, 5.74) is 0.803. The summed E-state index contributed by atoms with van der Waals surface area (Å²) in [5, 5.41) is 0. The summed E-state index contributed by atoms with van der Waals surface area (Å²) in [7, 11) is 0. The maximum atomic E-state index is 13.2. The average molecular weight is 294 g/mol. The molecule has 0 nitrogen and oxygen atoms in total. The Kier molecular flexibility index (Phi) is 6.66. The van der Waals surface area contributed by atoms with E-state index in [0.29, 0.717) is 0 Å². The van der Waals surface area contributed by atoms with E-state index < -0.39 is 11.6 Å². The highest BCUT2D eigenvalue weighted by Gasteiger charge is 2.20. The summed E-state index contributed by atoms with van der Waals surface area (Å²) in [5.74, 6) is 0.771. The zero-order chi connectivity index (χ0) is 15.1. The lowest BCUT2D eigenvalue weighted by Gasteiger charge is -2.28. The summed E-state index contributed by atoms with van der Waals surface area (Å²) < 4.78 is 26.3. The number of rotatable bonds is 7. The molecule has 1 saturated carbocycles. The SMILES string of the molecule is CCCCCC1CCC(CCc2cc(F)cc(F)c2)CC1. The molecule has 1 fully saturated rings. The van der Waals surface area contributed by atoms with Gasteiger partial charge in [-0.05, 0) is 42.4 Å². The maximum Gasteiger partial charge on any atom is 0.126 e. The molecule has 0 bridgehead atoms. The second-order valence-corrected chi connectivity index (χ2v) is 6.70. The first-order valence-electron chi connectivity index (χ1n) is 8.62. The predicted molar refractivity (Wildman–Crippen MR) is 84.3 cm³/mol. The lowest BCUT2D eigenvalue weighted by molar-refractivity contribution is 0.249. The van der Waals surface area contributed by atoms with Gasteiger partial charge >= 0.3 is 0 Å². The number of benzene rings is 1. The molecule has 0 aliphatic heterocycles. The number of hydrogen-bond acceptors (Lipinski definition) is 0. The van der Waals surface area contributed by atoms with Gasteiger partial charge in [-0.1, -0.05) is 58.3 Å². The number of aryl methyl sites for hydroxylation is 1. The van der Waals surface area contributed by atoms with E-state index in [1.165, 1.54) is 63.5 Å². The highest BCUT2D eigenvalue weighted by atomic mass is 19.1. The number of unbranched alkanes of at least 4 members (excludes halogenated alkanes) is 2. The van der Waals surface area contributed by atoms with Crippen LogP contribution in [-0.2, 0) is 6.42 Å². The molecular weight excluding hydrogens is 266 g/mol. The van der Waals surface area contributed by atoms with Crippen molar-refractivity contribution in [3.05, 3.63) is 35.4 Å². The molecule has 0 unspecified atom stereocenters. The molecule has 0 atom stereocenters. The van der Waals surface area contributed by atoms with Gasteiger partial charge < -0.3 is 0 Å². The third-order valence-electron chi connectivity index (χ3n) is 4.95. The van der Waals surface area contributed by atoms with Crippen molar-refractivity contribution in [1.29, 1.82) is 0 Å². The second kappa shape index (κ2) is 8.51. The monoisotopic (exact) mass is 294 g/mol. The van der Waals surface area contributed by atoms with E-state index in [0.717, 1.165) is 36.3 Å². The first-order valence-corrected chi connectivity index (χ1v) is 8.62. The molecule has 2 heteroatoms. The number of hydrogen-bond donors (Lipinski definition) is 0. The van der Waals surface area contributed by atoms with E-state index >= 15 is 0 Å². The Morgan fingerprint density at radius 2 is 1.43 bits per heavy atom. The van der Waals surface area contributed by atoms with E-state index in [-0.39, 0.29) is 0 Å². The molecule has 0 radical (unpaired) electrons. The molecule has 1 aliphatic carbocycles. The smallest absolute Gasteiger partial charge is 0.126 e. The summed E-state index contributed by atoms with van der Waals surface area (Å²) in [6.07, 6.45) is 12.6. The molecule has 1 aromatic rings. The maximum absolute atomic E-state index is 13.2. The van der Waals surface area contributed by atoms with Gasteiger partial charge in [0.05, 0.1) is 0 Å². The van der Waals surface area contributed by atoms with Gasteiger partial charge in [0.15, 0.2) is 0 Å². The van der Waals surface area contributed by atoms with E-state index in [1.54, 1.807) is 0 Å². The zero-order valence-electron chi connectivity index (χ0n) is 13.2. The summed E-state index contributed by atoms with van der Waals surface area (Å²) in [6, 6.07) is 3.89. The van der Waals surface area contributed by atoms with E-state index in [4.69, 9.17) is 0 Å². The van der Waals surface area contributed by atoms with Gasteiger partial charge in [0.25, 0.3) is 0 Å². The van der Waals surface area contributed by atoms with Crippen LogP contribution in [0.25, 0.3) is 0 Å². The normalized spacial score (nSPS) is 22.4. The molecular formula is C19H28F2. The van der Waals surface area contributed by atoms with Crippen molar-refractivity contribution in [3.8, 4) is 0 Å². The van der Waals surface area contributed by atoms with Crippen molar-refractivity contribution < 1.29 is 8.78 Å². The van der Waals surface area contributed by atoms with Gasteiger partial charge in [0.2, 0.25) is 0 Å². The molecule has 2 rings (SSSR count). The first kappa shape index (κ1) is 16.5. The average Bonchev–Trinajstić information content (AvgIpc) is 2.46. The fourth-order valence-electron chi connectivity index (χ4n) is 3.62. The predicted octanol–water partition coefficient (Wildman–Crippen LogP) is 6.28. The minimum atomic E-state index is -0.454. The lowest BCUT2D eigenvalue weighted by Crippen LogP contribution is -2.15. The van der Waals surface area contributed by atoms with Crippen LogP contribution in [0.2, 0.25) is 0 Å². The van der Waals surface area contributed by atoms with Crippen LogP contribution >= 0.6 is 0 Å². The summed E-state index contributed by atoms with van der Waals surface area (Å²) in [4.78, 5) is 0. The van der Waals surface area contributed by atoms with Gasteiger partial charge in [-0.2, -0.15) is 0 Å². The Morgan fingerprint density at radius 3 is 2.00 bits per heavy atom. The van der Waals surface area contributed by atoms with Crippen LogP contribution in [0.15, 0.2) is 18.2 Å². The van der Waals surface area contributed by atoms with Gasteiger partial charge in [-0.15, -0.1) is 0 Å². The molecule has 0 amide bonds. The summed E-state index contributed by atoms with van der Waals surface area (Å²) >= 11 is 0. The molecule has 0 saturated heterocycles. The minimum Gasteiger partial charge on any atom is -0.207 e. The van der Waals surface area contributed by atoms with Gasteiger partial charge in [-0.3, -0.25) is 0 Å². The molecule has 118 valence electrons. The van der Waals surface area contributed by atoms with Crippen molar-refractivity contribution in [1.82, 2.24) is 0 Å². The van der Waals surface area contributed by atoms with Crippen molar-refractivity contribution >= 4 is 0 Å². The standard InChI is InChI=1S/C19H28F2/c1-2-3-4-5-15-6-8-16(9-7-15)10-11-17-12-18(20)14-19(21)13-17/h12-16H,2-11H2,1H3. The molecule has 0 N–H and O–H groups in total. The van der Waals surface area contributed by atoms with Crippen molar-refractivity contribution in [2.45, 2.75) is 71.1 Å². The van der Waals surface area contributed by atoms with Crippen molar-refractivity contribution in [3.63, 3.8) is 0 Å². The largest absolute Gasteiger partial charge is 0.207 e. The summed E-state index contributed by atoms with van der Waals surface area (Å²) in [6.45, 7) is 2.26. The Bertz CT molecular complexity index is 399. The molecule has 1 aliphatic rings. The third-order valence-corrected chi connectivity index (χ3v) is 4.95. The van der Waals surface area contributed by atoms with Crippen LogP contribution in [-0.4, -0.2) is 0 Å². The molecule has 1 aromatic carbocycles. The molecule has 0 spiro atoms. The van der Waals surface area contributed by atoms with E-state index in [9.17, 15) is 8.78 Å². The molecule has 0 aromatic heterocycles. The van der Waals surface area contributed by atoms with Crippen LogP contribution in [0, 0.1) is 23.5 Å². The third kappa shape index (κ3) is 5.76.